The molecule has 0 bridgehead atoms. The lowest BCUT2D eigenvalue weighted by molar-refractivity contribution is -0.124. The zero-order chi connectivity index (χ0) is 27.5. The third kappa shape index (κ3) is 5.94. The highest BCUT2D eigenvalue weighted by Crippen LogP contribution is 2.58. The molecule has 7 nitrogen and oxygen atoms in total. The van der Waals surface area contributed by atoms with Crippen molar-refractivity contribution in [3.63, 3.8) is 0 Å². The Morgan fingerprint density at radius 2 is 1.86 bits per heavy atom. The number of fused-ring (bicyclic) bond motifs is 1. The number of hydrogen-bond acceptors (Lipinski definition) is 6. The summed E-state index contributed by atoms with van der Waals surface area (Å²) in [6.45, 7) is 10.2. The van der Waals surface area contributed by atoms with Gasteiger partial charge in [0.2, 0.25) is 5.78 Å². The first-order valence-corrected chi connectivity index (χ1v) is 13.7. The molecule has 0 aromatic rings. The van der Waals surface area contributed by atoms with Crippen molar-refractivity contribution in [3.8, 4) is 0 Å². The lowest BCUT2D eigenvalue weighted by atomic mass is 9.50. The van der Waals surface area contributed by atoms with Gasteiger partial charge in [0.25, 0.3) is 5.91 Å². The van der Waals surface area contributed by atoms with E-state index in [2.05, 4.69) is 31.3 Å². The quantitative estimate of drug-likeness (QED) is 0.120. The van der Waals surface area contributed by atoms with Crippen LogP contribution < -0.4 is 5.32 Å². The maximum atomic E-state index is 13.0. The van der Waals surface area contributed by atoms with Crippen LogP contribution in [0.15, 0.2) is 47.8 Å². The summed E-state index contributed by atoms with van der Waals surface area (Å²) in [5.41, 5.74) is -1.13. The first-order chi connectivity index (χ1) is 17.4. The summed E-state index contributed by atoms with van der Waals surface area (Å²) in [6.07, 6.45) is 12.2. The number of aliphatic hydroxyl groups is 3. The number of ketones is 1. The molecule has 0 aromatic carbocycles. The molecule has 1 aliphatic heterocycles. The smallest absolute Gasteiger partial charge is 0.260 e. The fourth-order valence-corrected chi connectivity index (χ4v) is 6.96. The van der Waals surface area contributed by atoms with Crippen molar-refractivity contribution in [2.75, 3.05) is 7.11 Å². The first-order valence-electron chi connectivity index (χ1n) is 13.7. The largest absolute Gasteiger partial charge is 0.511 e. The SMILES string of the molecule is CCC(O)C(C)/C=C/C=C/C(O)CC1C=CC2CC(C)CC(C)C2C1(C)/C(O)=C1\C(=O)NC(OC)C1=O. The number of ether oxygens (including phenoxy) is 1. The summed E-state index contributed by atoms with van der Waals surface area (Å²) in [5, 5.41) is 35.1. The minimum Gasteiger partial charge on any atom is -0.511 e. The second kappa shape index (κ2) is 12.1. The number of nitrogens with one attached hydrogen (secondary N) is 1. The van der Waals surface area contributed by atoms with Gasteiger partial charge in [0.1, 0.15) is 11.3 Å². The number of amides is 1. The van der Waals surface area contributed by atoms with Gasteiger partial charge in [-0.05, 0) is 55.3 Å². The lowest BCUT2D eigenvalue weighted by Crippen LogP contribution is -2.49. The maximum Gasteiger partial charge on any atom is 0.260 e. The van der Waals surface area contributed by atoms with Gasteiger partial charge in [0.15, 0.2) is 6.23 Å². The summed E-state index contributed by atoms with van der Waals surface area (Å²) in [4.78, 5) is 25.7. The van der Waals surface area contributed by atoms with Crippen molar-refractivity contribution in [2.24, 2.45) is 40.9 Å². The molecule has 1 saturated carbocycles. The van der Waals surface area contributed by atoms with Gasteiger partial charge in [-0.2, -0.15) is 0 Å². The van der Waals surface area contributed by atoms with Crippen molar-refractivity contribution in [1.82, 2.24) is 5.32 Å². The number of Topliss-reactive ketones (excluding diaryl/α,β-unsaturated/α-hetero) is 1. The Bertz CT molecular complexity index is 967. The molecule has 3 rings (SSSR count). The summed E-state index contributed by atoms with van der Waals surface area (Å²) >= 11 is 0. The minimum absolute atomic E-state index is 0.0121. The molecule has 2 fully saturated rings. The Labute approximate surface area is 221 Å². The number of carbonyl (C=O) groups excluding carboxylic acids is 2. The van der Waals surface area contributed by atoms with E-state index in [-0.39, 0.29) is 40.9 Å². The van der Waals surface area contributed by atoms with Gasteiger partial charge in [-0.1, -0.05) is 71.1 Å². The molecule has 7 heteroatoms. The van der Waals surface area contributed by atoms with Gasteiger partial charge in [-0.15, -0.1) is 0 Å². The fourth-order valence-electron chi connectivity index (χ4n) is 6.96. The number of allylic oxidation sites excluding steroid dienone is 5. The lowest BCUT2D eigenvalue weighted by Gasteiger charge is -2.54. The summed E-state index contributed by atoms with van der Waals surface area (Å²) < 4.78 is 5.11. The average molecular weight is 516 g/mol. The van der Waals surface area contributed by atoms with Gasteiger partial charge >= 0.3 is 0 Å². The Morgan fingerprint density at radius 1 is 1.19 bits per heavy atom. The molecule has 1 heterocycles. The van der Waals surface area contributed by atoms with E-state index >= 15 is 0 Å². The normalized spacial score (nSPS) is 38.1. The number of methoxy groups -OCH3 is 1. The summed E-state index contributed by atoms with van der Waals surface area (Å²) in [7, 11) is 1.35. The van der Waals surface area contributed by atoms with Crippen molar-refractivity contribution < 1.29 is 29.6 Å². The second-order valence-electron chi connectivity index (χ2n) is 11.6. The number of rotatable bonds is 9. The molecule has 37 heavy (non-hydrogen) atoms. The maximum absolute atomic E-state index is 13.0. The molecule has 206 valence electrons. The molecule has 1 saturated heterocycles. The monoisotopic (exact) mass is 515 g/mol. The molecule has 3 aliphatic rings. The van der Waals surface area contributed by atoms with Crippen LogP contribution in [0.2, 0.25) is 0 Å². The van der Waals surface area contributed by atoms with E-state index in [1.54, 1.807) is 12.2 Å². The highest BCUT2D eigenvalue weighted by molar-refractivity contribution is 6.26. The highest BCUT2D eigenvalue weighted by Gasteiger charge is 2.55. The molecule has 10 unspecified atom stereocenters. The molecule has 2 aliphatic carbocycles. The molecule has 0 spiro atoms. The molecular formula is C30H45NO6. The highest BCUT2D eigenvalue weighted by atomic mass is 16.5. The van der Waals surface area contributed by atoms with Crippen molar-refractivity contribution >= 4 is 11.7 Å². The number of carbonyl (C=O) groups is 2. The predicted molar refractivity (Wildman–Crippen MR) is 143 cm³/mol. The van der Waals surface area contributed by atoms with Crippen LogP contribution in [-0.4, -0.2) is 52.6 Å². The fraction of sp³-hybridized carbons (Fsp3) is 0.667. The standard InChI is InChI=1S/C30H45NO6/c1-7-23(33)18(3)10-8-9-11-22(32)16-21-13-12-20-15-17(2)14-19(4)25(20)30(21,5)27(35)24-26(34)29(37-6)31-28(24)36/h8-13,17-23,25,29,32-33,35H,7,14-16H2,1-6H3,(H,31,36)/b10-8+,11-9+,27-24+. The van der Waals surface area contributed by atoms with Crippen LogP contribution in [0.3, 0.4) is 0 Å². The number of hydrogen-bond donors (Lipinski definition) is 4. The topological polar surface area (TPSA) is 116 Å². The van der Waals surface area contributed by atoms with Crippen LogP contribution in [0.1, 0.15) is 60.3 Å². The van der Waals surface area contributed by atoms with Crippen LogP contribution in [0.5, 0.6) is 0 Å². The van der Waals surface area contributed by atoms with E-state index in [1.165, 1.54) is 7.11 Å². The van der Waals surface area contributed by atoms with Crippen molar-refractivity contribution in [1.29, 1.82) is 0 Å². The Morgan fingerprint density at radius 3 is 2.49 bits per heavy atom. The Balaban J connectivity index is 1.94. The third-order valence-electron chi connectivity index (χ3n) is 8.91. The molecule has 1 amide bonds. The Hall–Kier alpha value is -2.22. The molecule has 10 atom stereocenters. The van der Waals surface area contributed by atoms with E-state index in [0.717, 1.165) is 12.8 Å². The second-order valence-corrected chi connectivity index (χ2v) is 11.6. The average Bonchev–Trinajstić information content (AvgIpc) is 3.14. The zero-order valence-corrected chi connectivity index (χ0v) is 23.1. The van der Waals surface area contributed by atoms with Crippen molar-refractivity contribution in [2.45, 2.75) is 78.7 Å². The summed E-state index contributed by atoms with van der Waals surface area (Å²) in [6, 6.07) is 0. The third-order valence-corrected chi connectivity index (χ3v) is 8.91. The van der Waals surface area contributed by atoms with E-state index < -0.39 is 35.5 Å². The summed E-state index contributed by atoms with van der Waals surface area (Å²) in [5.74, 6) is -0.620. The Kier molecular flexibility index (Phi) is 9.59. The van der Waals surface area contributed by atoms with Crippen LogP contribution in [0.25, 0.3) is 0 Å². The van der Waals surface area contributed by atoms with E-state index in [1.807, 2.05) is 32.9 Å². The van der Waals surface area contributed by atoms with Gasteiger partial charge in [0.05, 0.1) is 12.2 Å². The van der Waals surface area contributed by atoms with Crippen LogP contribution in [-0.2, 0) is 14.3 Å². The van der Waals surface area contributed by atoms with E-state index in [4.69, 9.17) is 4.74 Å². The molecular weight excluding hydrogens is 470 g/mol. The van der Waals surface area contributed by atoms with E-state index in [0.29, 0.717) is 18.8 Å². The van der Waals surface area contributed by atoms with Crippen LogP contribution >= 0.6 is 0 Å². The zero-order valence-electron chi connectivity index (χ0n) is 23.1. The van der Waals surface area contributed by atoms with Gasteiger partial charge in [-0.25, -0.2) is 0 Å². The van der Waals surface area contributed by atoms with Gasteiger partial charge in [0, 0.05) is 18.4 Å². The molecule has 0 aromatic heterocycles. The van der Waals surface area contributed by atoms with Crippen molar-refractivity contribution in [3.05, 3.63) is 47.8 Å². The number of aliphatic hydroxyl groups excluding tert-OH is 3. The van der Waals surface area contributed by atoms with Gasteiger partial charge in [-0.3, -0.25) is 9.59 Å². The first kappa shape index (κ1) is 29.3. The van der Waals surface area contributed by atoms with E-state index in [9.17, 15) is 24.9 Å². The van der Waals surface area contributed by atoms with Crippen LogP contribution in [0, 0.1) is 40.9 Å². The molecule has 0 radical (unpaired) electrons. The van der Waals surface area contributed by atoms with Crippen LogP contribution in [0.4, 0.5) is 0 Å². The minimum atomic E-state index is -1.10. The molecule has 4 N–H and O–H groups in total. The predicted octanol–water partition coefficient (Wildman–Crippen LogP) is 4.23. The van der Waals surface area contributed by atoms with Gasteiger partial charge < -0.3 is 25.4 Å².